The minimum absolute atomic E-state index is 0.0513. The second kappa shape index (κ2) is 9.67. The predicted octanol–water partition coefficient (Wildman–Crippen LogP) is 4.40. The van der Waals surface area contributed by atoms with Gasteiger partial charge >= 0.3 is 5.97 Å². The van der Waals surface area contributed by atoms with Crippen molar-refractivity contribution in [3.8, 4) is 0 Å². The Hall–Kier alpha value is -2.18. The number of benzene rings is 1. The SMILES string of the molecule is Cc1cc(C(=O)CCC(=O)OCC(=O)N[C@H](C)c2cccc(Cl)c2)c(C)s1. The molecule has 1 aromatic carbocycles. The summed E-state index contributed by atoms with van der Waals surface area (Å²) in [5, 5.41) is 3.32. The third-order valence-corrected chi connectivity index (χ3v) is 5.19. The summed E-state index contributed by atoms with van der Waals surface area (Å²) in [4.78, 5) is 37.9. The molecule has 27 heavy (non-hydrogen) atoms. The molecule has 2 rings (SSSR count). The van der Waals surface area contributed by atoms with E-state index in [0.717, 1.165) is 15.3 Å². The molecule has 1 heterocycles. The van der Waals surface area contributed by atoms with Gasteiger partial charge in [0.1, 0.15) is 0 Å². The van der Waals surface area contributed by atoms with Gasteiger partial charge in [-0.3, -0.25) is 14.4 Å². The second-order valence-electron chi connectivity index (χ2n) is 6.25. The molecule has 0 unspecified atom stereocenters. The minimum atomic E-state index is -0.571. The van der Waals surface area contributed by atoms with Crippen LogP contribution in [0.4, 0.5) is 0 Å². The van der Waals surface area contributed by atoms with Crippen LogP contribution in [0.2, 0.25) is 5.02 Å². The number of Topliss-reactive ketones (excluding diaryl/α,β-unsaturated/α-hetero) is 1. The molecule has 1 N–H and O–H groups in total. The minimum Gasteiger partial charge on any atom is -0.456 e. The van der Waals surface area contributed by atoms with Gasteiger partial charge in [-0.1, -0.05) is 23.7 Å². The van der Waals surface area contributed by atoms with Gasteiger partial charge in [0, 0.05) is 26.8 Å². The first-order valence-electron chi connectivity index (χ1n) is 8.57. The maximum Gasteiger partial charge on any atom is 0.306 e. The van der Waals surface area contributed by atoms with Crippen molar-refractivity contribution in [1.29, 1.82) is 0 Å². The first kappa shape index (κ1) is 21.1. The monoisotopic (exact) mass is 407 g/mol. The fourth-order valence-corrected chi connectivity index (χ4v) is 3.76. The van der Waals surface area contributed by atoms with Crippen LogP contribution >= 0.6 is 22.9 Å². The van der Waals surface area contributed by atoms with Gasteiger partial charge in [-0.05, 0) is 44.5 Å². The van der Waals surface area contributed by atoms with Gasteiger partial charge in [-0.15, -0.1) is 11.3 Å². The van der Waals surface area contributed by atoms with E-state index in [9.17, 15) is 14.4 Å². The Morgan fingerprint density at radius 1 is 1.19 bits per heavy atom. The van der Waals surface area contributed by atoms with Gasteiger partial charge in [-0.2, -0.15) is 0 Å². The van der Waals surface area contributed by atoms with Crippen LogP contribution in [0.3, 0.4) is 0 Å². The highest BCUT2D eigenvalue weighted by Crippen LogP contribution is 2.22. The number of thiophene rings is 1. The molecule has 0 aliphatic rings. The van der Waals surface area contributed by atoms with Crippen LogP contribution in [0, 0.1) is 13.8 Å². The lowest BCUT2D eigenvalue weighted by Gasteiger charge is -2.14. The van der Waals surface area contributed by atoms with Crippen molar-refractivity contribution in [2.75, 3.05) is 6.61 Å². The van der Waals surface area contributed by atoms with Crippen LogP contribution < -0.4 is 5.32 Å². The van der Waals surface area contributed by atoms with Crippen molar-refractivity contribution in [2.24, 2.45) is 0 Å². The van der Waals surface area contributed by atoms with Crippen molar-refractivity contribution in [3.05, 3.63) is 56.2 Å². The standard InChI is InChI=1S/C20H22ClNO4S/c1-12-9-17(14(3)27-12)18(23)7-8-20(25)26-11-19(24)22-13(2)15-5-4-6-16(21)10-15/h4-6,9-10,13H,7-8,11H2,1-3H3,(H,22,24)/t13-/m1/s1. The smallest absolute Gasteiger partial charge is 0.306 e. The van der Waals surface area contributed by atoms with Gasteiger partial charge in [0.05, 0.1) is 12.5 Å². The number of amides is 1. The molecular weight excluding hydrogens is 386 g/mol. The number of esters is 1. The van der Waals surface area contributed by atoms with E-state index in [0.29, 0.717) is 10.6 Å². The number of hydrogen-bond donors (Lipinski definition) is 1. The Balaban J connectivity index is 1.74. The summed E-state index contributed by atoms with van der Waals surface area (Å²) < 4.78 is 4.96. The summed E-state index contributed by atoms with van der Waals surface area (Å²) in [5.74, 6) is -1.07. The zero-order chi connectivity index (χ0) is 20.0. The van der Waals surface area contributed by atoms with Crippen LogP contribution in [0.5, 0.6) is 0 Å². The molecule has 1 amide bonds. The summed E-state index contributed by atoms with van der Waals surface area (Å²) in [6.07, 6.45) is 0.0146. The summed E-state index contributed by atoms with van der Waals surface area (Å²) >= 11 is 7.49. The molecule has 2 aromatic rings. The summed E-state index contributed by atoms with van der Waals surface area (Å²) in [6, 6.07) is 8.73. The summed E-state index contributed by atoms with van der Waals surface area (Å²) in [6.45, 7) is 5.25. The first-order valence-corrected chi connectivity index (χ1v) is 9.76. The summed E-state index contributed by atoms with van der Waals surface area (Å²) in [7, 11) is 0. The molecule has 0 bridgehead atoms. The highest BCUT2D eigenvalue weighted by atomic mass is 35.5. The van der Waals surface area contributed by atoms with E-state index in [1.54, 1.807) is 29.5 Å². The zero-order valence-electron chi connectivity index (χ0n) is 15.5. The Kier molecular flexibility index (Phi) is 7.56. The normalized spacial score (nSPS) is 11.7. The second-order valence-corrected chi connectivity index (χ2v) is 8.15. The van der Waals surface area contributed by atoms with E-state index in [2.05, 4.69) is 5.32 Å². The Labute approximate surface area is 167 Å². The van der Waals surface area contributed by atoms with E-state index in [1.165, 1.54) is 0 Å². The summed E-state index contributed by atoms with van der Waals surface area (Å²) in [5.41, 5.74) is 1.51. The lowest BCUT2D eigenvalue weighted by Crippen LogP contribution is -2.31. The molecular formula is C20H22ClNO4S. The molecule has 0 aliphatic carbocycles. The lowest BCUT2D eigenvalue weighted by atomic mass is 10.1. The number of halogens is 1. The van der Waals surface area contributed by atoms with Crippen LogP contribution in [-0.2, 0) is 14.3 Å². The highest BCUT2D eigenvalue weighted by molar-refractivity contribution is 7.12. The number of ether oxygens (including phenoxy) is 1. The Morgan fingerprint density at radius 2 is 1.93 bits per heavy atom. The number of ketones is 1. The molecule has 5 nitrogen and oxygen atoms in total. The van der Waals surface area contributed by atoms with Crippen molar-refractivity contribution in [1.82, 2.24) is 5.32 Å². The molecule has 144 valence electrons. The number of aryl methyl sites for hydroxylation is 2. The average molecular weight is 408 g/mol. The molecule has 7 heteroatoms. The molecule has 0 spiro atoms. The number of hydrogen-bond acceptors (Lipinski definition) is 5. The van der Waals surface area contributed by atoms with Crippen LogP contribution in [0.25, 0.3) is 0 Å². The molecule has 0 saturated carbocycles. The maximum absolute atomic E-state index is 12.2. The van der Waals surface area contributed by atoms with Gasteiger partial charge in [0.25, 0.3) is 5.91 Å². The highest BCUT2D eigenvalue weighted by Gasteiger charge is 2.16. The van der Waals surface area contributed by atoms with E-state index >= 15 is 0 Å². The van der Waals surface area contributed by atoms with Crippen LogP contribution in [0.1, 0.15) is 51.5 Å². The number of rotatable bonds is 8. The number of carbonyl (C=O) groups excluding carboxylic acids is 3. The van der Waals surface area contributed by atoms with E-state index in [1.807, 2.05) is 32.9 Å². The van der Waals surface area contributed by atoms with E-state index in [-0.39, 0.29) is 31.3 Å². The van der Waals surface area contributed by atoms with Gasteiger partial charge < -0.3 is 10.1 Å². The maximum atomic E-state index is 12.2. The zero-order valence-corrected chi connectivity index (χ0v) is 17.1. The largest absolute Gasteiger partial charge is 0.456 e. The molecule has 0 saturated heterocycles. The number of carbonyl (C=O) groups is 3. The Bertz CT molecular complexity index is 846. The van der Waals surface area contributed by atoms with Gasteiger partial charge in [0.15, 0.2) is 12.4 Å². The predicted molar refractivity (Wildman–Crippen MR) is 106 cm³/mol. The molecule has 1 aromatic heterocycles. The molecule has 0 radical (unpaired) electrons. The first-order chi connectivity index (χ1) is 12.8. The van der Waals surface area contributed by atoms with Gasteiger partial charge in [0.2, 0.25) is 0 Å². The van der Waals surface area contributed by atoms with Crippen molar-refractivity contribution in [2.45, 2.75) is 39.7 Å². The fraction of sp³-hybridized carbons (Fsp3) is 0.350. The van der Waals surface area contributed by atoms with E-state index in [4.69, 9.17) is 16.3 Å². The van der Waals surface area contributed by atoms with Crippen molar-refractivity contribution in [3.63, 3.8) is 0 Å². The fourth-order valence-electron chi connectivity index (χ4n) is 2.62. The van der Waals surface area contributed by atoms with Crippen molar-refractivity contribution < 1.29 is 19.1 Å². The van der Waals surface area contributed by atoms with Gasteiger partial charge in [-0.25, -0.2) is 0 Å². The lowest BCUT2D eigenvalue weighted by molar-refractivity contribution is -0.148. The van der Waals surface area contributed by atoms with Crippen LogP contribution in [0.15, 0.2) is 30.3 Å². The third-order valence-electron chi connectivity index (χ3n) is 3.99. The topological polar surface area (TPSA) is 72.5 Å². The number of nitrogens with one attached hydrogen (secondary N) is 1. The van der Waals surface area contributed by atoms with Crippen LogP contribution in [-0.4, -0.2) is 24.3 Å². The van der Waals surface area contributed by atoms with E-state index < -0.39 is 11.9 Å². The van der Waals surface area contributed by atoms with Crippen molar-refractivity contribution >= 4 is 40.6 Å². The quantitative estimate of drug-likeness (QED) is 0.520. The molecule has 1 atom stereocenters. The molecule has 0 aliphatic heterocycles. The molecule has 0 fully saturated rings. The average Bonchev–Trinajstić information content (AvgIpc) is 2.96. The Morgan fingerprint density at radius 3 is 2.56 bits per heavy atom. The third kappa shape index (κ3) is 6.48.